The summed E-state index contributed by atoms with van der Waals surface area (Å²) in [5, 5.41) is -0.174. The summed E-state index contributed by atoms with van der Waals surface area (Å²) in [7, 11) is 0. The molecular weight excluding hydrogens is 235 g/mol. The van der Waals surface area contributed by atoms with Crippen LogP contribution < -0.4 is 5.32 Å². The Morgan fingerprint density at radius 2 is 1.87 bits per heavy atom. The Morgan fingerprint density at radius 3 is 2.20 bits per heavy atom. The number of hydrogen-bond acceptors (Lipinski definition) is 2. The lowest BCUT2D eigenvalue weighted by Crippen LogP contribution is -2.40. The quantitative estimate of drug-likeness (QED) is 0.762. The second kappa shape index (κ2) is 4.92. The first-order valence-electron chi connectivity index (χ1n) is 4.20. The maximum Gasteiger partial charge on any atom is 0.407 e. The molecular formula is C8H13ClF3NO2. The molecule has 0 radical (unpaired) electrons. The third-order valence-electron chi connectivity index (χ3n) is 1.18. The van der Waals surface area contributed by atoms with Crippen molar-refractivity contribution in [2.24, 2.45) is 0 Å². The average Bonchev–Trinajstić information content (AvgIpc) is 1.94. The Labute approximate surface area is 90.9 Å². The van der Waals surface area contributed by atoms with Crippen LogP contribution in [0, 0.1) is 0 Å². The molecule has 0 aromatic rings. The van der Waals surface area contributed by atoms with E-state index in [9.17, 15) is 18.0 Å². The molecule has 0 saturated carbocycles. The van der Waals surface area contributed by atoms with Crippen molar-refractivity contribution in [3.63, 3.8) is 0 Å². The highest BCUT2D eigenvalue weighted by Gasteiger charge is 2.38. The van der Waals surface area contributed by atoms with Crippen LogP contribution >= 0.6 is 11.6 Å². The molecule has 0 aliphatic heterocycles. The van der Waals surface area contributed by atoms with Crippen LogP contribution in [0.2, 0.25) is 0 Å². The maximum absolute atomic E-state index is 11.9. The van der Waals surface area contributed by atoms with Crippen LogP contribution in [0.1, 0.15) is 20.8 Å². The second-order valence-corrected chi connectivity index (χ2v) is 4.42. The van der Waals surface area contributed by atoms with Crippen molar-refractivity contribution in [3.8, 4) is 0 Å². The van der Waals surface area contributed by atoms with E-state index in [2.05, 4.69) is 0 Å². The van der Waals surface area contributed by atoms with Crippen LogP contribution in [-0.4, -0.2) is 29.8 Å². The third-order valence-corrected chi connectivity index (χ3v) is 1.58. The van der Waals surface area contributed by atoms with Gasteiger partial charge in [-0.2, -0.15) is 13.2 Å². The Kier molecular flexibility index (Phi) is 4.70. The molecule has 1 amide bonds. The summed E-state index contributed by atoms with van der Waals surface area (Å²) in [6, 6.07) is 0. The van der Waals surface area contributed by atoms with E-state index >= 15 is 0 Å². The summed E-state index contributed by atoms with van der Waals surface area (Å²) in [5.41, 5.74) is -0.746. The van der Waals surface area contributed by atoms with Gasteiger partial charge in [0.25, 0.3) is 0 Å². The fraction of sp³-hybridized carbons (Fsp3) is 0.875. The zero-order valence-corrected chi connectivity index (χ0v) is 9.37. The highest BCUT2D eigenvalue weighted by Crippen LogP contribution is 2.24. The smallest absolute Gasteiger partial charge is 0.407 e. The number of rotatable bonds is 2. The summed E-state index contributed by atoms with van der Waals surface area (Å²) >= 11 is 4.98. The number of halogens is 4. The zero-order valence-electron chi connectivity index (χ0n) is 8.61. The van der Waals surface area contributed by atoms with Crippen molar-refractivity contribution in [1.29, 1.82) is 0 Å². The lowest BCUT2D eigenvalue weighted by Gasteiger charge is -2.20. The lowest BCUT2D eigenvalue weighted by molar-refractivity contribution is -0.129. The Balaban J connectivity index is 3.92. The van der Waals surface area contributed by atoms with Gasteiger partial charge in [-0.25, -0.2) is 4.79 Å². The minimum atomic E-state index is -4.53. The van der Waals surface area contributed by atoms with E-state index in [-0.39, 0.29) is 0 Å². The Bertz CT molecular complexity index is 225. The molecule has 0 rings (SSSR count). The first kappa shape index (κ1) is 14.3. The predicted molar refractivity (Wildman–Crippen MR) is 49.9 cm³/mol. The van der Waals surface area contributed by atoms with Gasteiger partial charge in [0, 0.05) is 6.54 Å². The second-order valence-electron chi connectivity index (χ2n) is 3.89. The molecule has 0 bridgehead atoms. The lowest BCUT2D eigenvalue weighted by atomic mass is 10.2. The van der Waals surface area contributed by atoms with E-state index in [0.717, 1.165) is 0 Å². The van der Waals surface area contributed by atoms with Crippen LogP contribution in [0.5, 0.6) is 0 Å². The standard InChI is InChI=1S/C8H13ClF3NO2/c1-7(2,3)15-6(14)13-4-5(9)8(10,11)12/h5H,4H2,1-3H3,(H,13,14). The van der Waals surface area contributed by atoms with Gasteiger partial charge >= 0.3 is 12.3 Å². The van der Waals surface area contributed by atoms with E-state index in [1.807, 2.05) is 5.32 Å². The molecule has 90 valence electrons. The molecule has 1 N–H and O–H groups in total. The van der Waals surface area contributed by atoms with Crippen molar-refractivity contribution in [3.05, 3.63) is 0 Å². The minimum absolute atomic E-state index is 0.708. The van der Waals surface area contributed by atoms with E-state index in [4.69, 9.17) is 16.3 Å². The molecule has 7 heteroatoms. The summed E-state index contributed by atoms with van der Waals surface area (Å²) in [6.07, 6.45) is -5.45. The summed E-state index contributed by atoms with van der Waals surface area (Å²) < 4.78 is 40.5. The van der Waals surface area contributed by atoms with Crippen LogP contribution in [0.15, 0.2) is 0 Å². The average molecular weight is 248 g/mol. The van der Waals surface area contributed by atoms with Crippen molar-refractivity contribution in [2.45, 2.75) is 37.9 Å². The molecule has 0 aliphatic carbocycles. The molecule has 0 aromatic carbocycles. The highest BCUT2D eigenvalue weighted by molar-refractivity contribution is 6.21. The van der Waals surface area contributed by atoms with Crippen LogP contribution in [0.3, 0.4) is 0 Å². The van der Waals surface area contributed by atoms with E-state index < -0.39 is 29.8 Å². The first-order valence-corrected chi connectivity index (χ1v) is 4.63. The van der Waals surface area contributed by atoms with Crippen LogP contribution in [0.25, 0.3) is 0 Å². The number of alkyl halides is 4. The van der Waals surface area contributed by atoms with E-state index in [1.54, 1.807) is 20.8 Å². The molecule has 0 spiro atoms. The van der Waals surface area contributed by atoms with Crippen LogP contribution in [-0.2, 0) is 4.74 Å². The molecule has 3 nitrogen and oxygen atoms in total. The molecule has 15 heavy (non-hydrogen) atoms. The summed E-state index contributed by atoms with van der Waals surface area (Å²) in [4.78, 5) is 10.9. The number of hydrogen-bond donors (Lipinski definition) is 1. The zero-order chi connectivity index (χ0) is 12.3. The van der Waals surface area contributed by atoms with Gasteiger partial charge in [-0.3, -0.25) is 0 Å². The van der Waals surface area contributed by atoms with Gasteiger partial charge in [-0.1, -0.05) is 0 Å². The van der Waals surface area contributed by atoms with Crippen molar-refractivity contribution in [2.75, 3.05) is 6.54 Å². The number of carbonyl (C=O) groups is 1. The molecule has 0 fully saturated rings. The van der Waals surface area contributed by atoms with Gasteiger partial charge in [0.2, 0.25) is 0 Å². The van der Waals surface area contributed by atoms with Gasteiger partial charge in [0.15, 0.2) is 0 Å². The molecule has 0 aromatic heterocycles. The minimum Gasteiger partial charge on any atom is -0.444 e. The largest absolute Gasteiger partial charge is 0.444 e. The molecule has 1 unspecified atom stereocenters. The van der Waals surface area contributed by atoms with Crippen molar-refractivity contribution >= 4 is 17.7 Å². The number of carbonyl (C=O) groups excluding carboxylic acids is 1. The van der Waals surface area contributed by atoms with Gasteiger partial charge in [-0.05, 0) is 20.8 Å². The topological polar surface area (TPSA) is 38.3 Å². The van der Waals surface area contributed by atoms with Gasteiger partial charge in [0.1, 0.15) is 11.0 Å². The van der Waals surface area contributed by atoms with Crippen molar-refractivity contribution < 1.29 is 22.7 Å². The summed E-state index contributed by atoms with van der Waals surface area (Å²) in [6.45, 7) is 4.11. The Hall–Kier alpha value is -0.650. The first-order chi connectivity index (χ1) is 6.52. The molecule has 0 saturated heterocycles. The fourth-order valence-electron chi connectivity index (χ4n) is 0.603. The van der Waals surface area contributed by atoms with Gasteiger partial charge < -0.3 is 10.1 Å². The molecule has 1 atom stereocenters. The normalized spacial score (nSPS) is 14.6. The van der Waals surface area contributed by atoms with Gasteiger partial charge in [0.05, 0.1) is 0 Å². The van der Waals surface area contributed by atoms with E-state index in [0.29, 0.717) is 0 Å². The third kappa shape index (κ3) is 7.30. The molecule has 0 aliphatic rings. The summed E-state index contributed by atoms with van der Waals surface area (Å²) in [5.74, 6) is 0. The predicted octanol–water partition coefficient (Wildman–Crippen LogP) is 2.68. The number of nitrogens with one attached hydrogen (secondary N) is 1. The Morgan fingerprint density at radius 1 is 1.40 bits per heavy atom. The SMILES string of the molecule is CC(C)(C)OC(=O)NCC(Cl)C(F)(F)F. The molecule has 0 heterocycles. The van der Waals surface area contributed by atoms with E-state index in [1.165, 1.54) is 0 Å². The number of amides is 1. The van der Waals surface area contributed by atoms with Gasteiger partial charge in [-0.15, -0.1) is 11.6 Å². The monoisotopic (exact) mass is 247 g/mol. The fourth-order valence-corrected chi connectivity index (χ4v) is 0.680. The highest BCUT2D eigenvalue weighted by atomic mass is 35.5. The number of alkyl carbamates (subject to hydrolysis) is 1. The maximum atomic E-state index is 11.9. The number of ether oxygens (including phenoxy) is 1. The van der Waals surface area contributed by atoms with Crippen LogP contribution in [0.4, 0.5) is 18.0 Å². The van der Waals surface area contributed by atoms with Crippen molar-refractivity contribution in [1.82, 2.24) is 5.32 Å².